The maximum atomic E-state index is 11.5. The molecule has 3 heteroatoms. The van der Waals surface area contributed by atoms with Gasteiger partial charge in [-0.25, -0.2) is 0 Å². The predicted molar refractivity (Wildman–Crippen MR) is 110 cm³/mol. The molecule has 0 aliphatic heterocycles. The molecule has 0 bridgehead atoms. The summed E-state index contributed by atoms with van der Waals surface area (Å²) in [5, 5.41) is 5.01. The first-order valence-corrected chi connectivity index (χ1v) is 9.77. The van der Waals surface area contributed by atoms with Crippen LogP contribution in [0.5, 0.6) is 0 Å². The van der Waals surface area contributed by atoms with Crippen molar-refractivity contribution in [1.29, 1.82) is 0 Å². The minimum Gasteiger partial charge on any atom is -0.144 e. The highest BCUT2D eigenvalue weighted by molar-refractivity contribution is 7.23. The molecular weight excluding hydrogens is 338 g/mol. The molecule has 2 atom stereocenters. The van der Waals surface area contributed by atoms with Gasteiger partial charge in [0, 0.05) is 21.6 Å². The Balaban J connectivity index is 1.75. The van der Waals surface area contributed by atoms with Gasteiger partial charge in [-0.1, -0.05) is 74.5 Å². The van der Waals surface area contributed by atoms with Crippen LogP contribution in [0.15, 0.2) is 71.9 Å². The van der Waals surface area contributed by atoms with Crippen LogP contribution in [-0.2, 0) is 5.41 Å². The van der Waals surface area contributed by atoms with E-state index >= 15 is 0 Å². The minimum atomic E-state index is 0.0673. The fraction of sp³-hybridized carbons (Fsp3) is 0.217. The van der Waals surface area contributed by atoms with Crippen LogP contribution in [0.1, 0.15) is 30.9 Å². The van der Waals surface area contributed by atoms with Gasteiger partial charge in [0.2, 0.25) is 0 Å². The van der Waals surface area contributed by atoms with Crippen LogP contribution in [0.3, 0.4) is 0 Å². The summed E-state index contributed by atoms with van der Waals surface area (Å²) < 4.78 is 1.11. The molecule has 2 nitrogen and oxygen atoms in total. The lowest BCUT2D eigenvalue weighted by molar-refractivity contribution is 0.394. The third-order valence-corrected chi connectivity index (χ3v) is 7.07. The molecule has 0 spiro atoms. The molecule has 1 aromatic heterocycles. The standard InChI is InChI=1S/C23H19NOS/c1-23(2)18-9-5-3-7-15(18)16-12-11-14(13-19(16)23)21-17-8-4-6-10-20(17)26-22(21)24-25/h3-13,15,18H,1-2H3. The number of nitroso groups, excluding NO2 is 1. The molecule has 0 saturated heterocycles. The lowest BCUT2D eigenvalue weighted by atomic mass is 9.74. The number of thiophene rings is 1. The summed E-state index contributed by atoms with van der Waals surface area (Å²) >= 11 is 1.47. The first-order chi connectivity index (χ1) is 12.6. The summed E-state index contributed by atoms with van der Waals surface area (Å²) in [5.41, 5.74) is 4.92. The van der Waals surface area contributed by atoms with Gasteiger partial charge in [0.1, 0.15) is 0 Å². The Hall–Kier alpha value is -2.52. The Kier molecular flexibility index (Phi) is 3.32. The Morgan fingerprint density at radius 1 is 1.04 bits per heavy atom. The first-order valence-electron chi connectivity index (χ1n) is 8.96. The number of hydrogen-bond donors (Lipinski definition) is 0. The van der Waals surface area contributed by atoms with Gasteiger partial charge in [0.05, 0.1) is 0 Å². The maximum Gasteiger partial charge on any atom is 0.169 e. The molecule has 2 aromatic carbocycles. The third-order valence-electron chi connectivity index (χ3n) is 6.02. The fourth-order valence-electron chi connectivity index (χ4n) is 4.71. The summed E-state index contributed by atoms with van der Waals surface area (Å²) in [6.45, 7) is 4.66. The van der Waals surface area contributed by atoms with Gasteiger partial charge in [-0.2, -0.15) is 0 Å². The molecule has 0 N–H and O–H groups in total. The van der Waals surface area contributed by atoms with Gasteiger partial charge in [0.15, 0.2) is 5.00 Å². The van der Waals surface area contributed by atoms with Gasteiger partial charge in [-0.3, -0.25) is 0 Å². The van der Waals surface area contributed by atoms with Gasteiger partial charge >= 0.3 is 0 Å². The van der Waals surface area contributed by atoms with Crippen LogP contribution in [-0.4, -0.2) is 0 Å². The molecule has 0 radical (unpaired) electrons. The Morgan fingerprint density at radius 2 is 1.85 bits per heavy atom. The van der Waals surface area contributed by atoms with E-state index in [2.05, 4.69) is 73.7 Å². The van der Waals surface area contributed by atoms with Crippen LogP contribution in [0.25, 0.3) is 21.2 Å². The highest BCUT2D eigenvalue weighted by Crippen LogP contribution is 2.54. The summed E-state index contributed by atoms with van der Waals surface area (Å²) in [6, 6.07) is 14.9. The second-order valence-corrected chi connectivity index (χ2v) is 8.75. The monoisotopic (exact) mass is 357 g/mol. The van der Waals surface area contributed by atoms with Gasteiger partial charge in [-0.05, 0) is 39.3 Å². The molecule has 0 amide bonds. The van der Waals surface area contributed by atoms with Crippen LogP contribution < -0.4 is 0 Å². The van der Waals surface area contributed by atoms with Crippen LogP contribution >= 0.6 is 11.3 Å². The fourth-order valence-corrected chi connectivity index (χ4v) is 5.71. The van der Waals surface area contributed by atoms with E-state index in [4.69, 9.17) is 0 Å². The quantitative estimate of drug-likeness (QED) is 0.450. The third kappa shape index (κ3) is 2.04. The summed E-state index contributed by atoms with van der Waals surface area (Å²) in [4.78, 5) is 11.5. The van der Waals surface area contributed by atoms with Gasteiger partial charge in [0.25, 0.3) is 0 Å². The Labute approximate surface area is 156 Å². The number of nitrogens with zero attached hydrogens (tertiary/aromatic N) is 1. The van der Waals surface area contributed by atoms with Crippen molar-refractivity contribution in [3.05, 3.63) is 82.8 Å². The van der Waals surface area contributed by atoms with Crippen LogP contribution in [0.2, 0.25) is 0 Å². The highest BCUT2D eigenvalue weighted by atomic mass is 32.1. The van der Waals surface area contributed by atoms with E-state index in [9.17, 15) is 4.91 Å². The first kappa shape index (κ1) is 15.7. The van der Waals surface area contributed by atoms with Crippen molar-refractivity contribution in [2.24, 2.45) is 11.1 Å². The zero-order valence-corrected chi connectivity index (χ0v) is 15.6. The van der Waals surface area contributed by atoms with E-state index in [1.165, 1.54) is 22.5 Å². The molecule has 26 heavy (non-hydrogen) atoms. The second kappa shape index (κ2) is 5.49. The molecule has 2 aliphatic carbocycles. The van der Waals surface area contributed by atoms with Crippen molar-refractivity contribution in [2.75, 3.05) is 0 Å². The molecule has 2 aliphatic rings. The van der Waals surface area contributed by atoms with Crippen molar-refractivity contribution in [2.45, 2.75) is 25.2 Å². The molecular formula is C23H19NOS. The molecule has 5 rings (SSSR count). The van der Waals surface area contributed by atoms with Crippen molar-refractivity contribution in [3.63, 3.8) is 0 Å². The minimum absolute atomic E-state index is 0.0673. The number of benzene rings is 2. The maximum absolute atomic E-state index is 11.5. The number of rotatable bonds is 2. The van der Waals surface area contributed by atoms with E-state index in [-0.39, 0.29) is 5.41 Å². The van der Waals surface area contributed by atoms with E-state index < -0.39 is 0 Å². The summed E-state index contributed by atoms with van der Waals surface area (Å²) in [7, 11) is 0. The smallest absolute Gasteiger partial charge is 0.144 e. The van der Waals surface area contributed by atoms with Crippen LogP contribution in [0, 0.1) is 10.8 Å². The second-order valence-electron chi connectivity index (χ2n) is 7.71. The number of hydrogen-bond acceptors (Lipinski definition) is 3. The van der Waals surface area contributed by atoms with Crippen molar-refractivity contribution in [1.82, 2.24) is 0 Å². The Morgan fingerprint density at radius 3 is 2.69 bits per heavy atom. The van der Waals surface area contributed by atoms with Crippen molar-refractivity contribution < 1.29 is 0 Å². The normalized spacial score (nSPS) is 22.4. The molecule has 1 heterocycles. The van der Waals surface area contributed by atoms with Crippen molar-refractivity contribution in [3.8, 4) is 11.1 Å². The lowest BCUT2D eigenvalue weighted by Crippen LogP contribution is -2.24. The molecule has 128 valence electrons. The highest BCUT2D eigenvalue weighted by Gasteiger charge is 2.44. The van der Waals surface area contributed by atoms with Crippen molar-refractivity contribution >= 4 is 26.4 Å². The number of allylic oxidation sites excluding steroid dienone is 4. The molecule has 0 saturated carbocycles. The molecule has 3 aromatic rings. The molecule has 2 unspecified atom stereocenters. The Bertz CT molecular complexity index is 1100. The van der Waals surface area contributed by atoms with E-state index in [1.54, 1.807) is 0 Å². The van der Waals surface area contributed by atoms with E-state index in [1.807, 2.05) is 12.1 Å². The average Bonchev–Trinajstić information content (AvgIpc) is 3.15. The zero-order valence-electron chi connectivity index (χ0n) is 14.8. The van der Waals surface area contributed by atoms with Gasteiger partial charge < -0.3 is 0 Å². The lowest BCUT2D eigenvalue weighted by Gasteiger charge is -2.29. The molecule has 0 fully saturated rings. The summed E-state index contributed by atoms with van der Waals surface area (Å²) in [6.07, 6.45) is 8.97. The average molecular weight is 357 g/mol. The topological polar surface area (TPSA) is 29.4 Å². The largest absolute Gasteiger partial charge is 0.169 e. The predicted octanol–water partition coefficient (Wildman–Crippen LogP) is 7.08. The number of fused-ring (bicyclic) bond motifs is 4. The SMILES string of the molecule is CC1(C)c2cc(-c3c(N=O)sc4ccccc34)ccc2C2C=CC=CC21. The zero-order chi connectivity index (χ0) is 17.9. The van der Waals surface area contributed by atoms with Gasteiger partial charge in [-0.15, -0.1) is 16.2 Å². The van der Waals surface area contributed by atoms with E-state index in [0.717, 1.165) is 21.2 Å². The summed E-state index contributed by atoms with van der Waals surface area (Å²) in [5.74, 6) is 0.933. The van der Waals surface area contributed by atoms with E-state index in [0.29, 0.717) is 16.8 Å². The van der Waals surface area contributed by atoms with Crippen LogP contribution in [0.4, 0.5) is 5.00 Å².